The largest absolute Gasteiger partial charge is 0.480 e. The number of anilines is 1. The number of aryl methyl sites for hydroxylation is 1. The van der Waals surface area contributed by atoms with E-state index in [1.165, 1.54) is 11.8 Å². The van der Waals surface area contributed by atoms with Gasteiger partial charge < -0.3 is 10.4 Å². The van der Waals surface area contributed by atoms with Gasteiger partial charge in [-0.3, -0.25) is 24.1 Å². The number of para-hydroxylation sites is 1. The van der Waals surface area contributed by atoms with Crippen LogP contribution in [0.2, 0.25) is 0 Å². The number of carboxylic acids is 1. The fourth-order valence-electron chi connectivity index (χ4n) is 3.78. The van der Waals surface area contributed by atoms with Crippen molar-refractivity contribution >= 4 is 40.3 Å². The Morgan fingerprint density at radius 2 is 1.81 bits per heavy atom. The molecule has 1 aliphatic heterocycles. The number of carbonyl (C=O) groups excluding carboxylic acids is 3. The summed E-state index contributed by atoms with van der Waals surface area (Å²) >= 11 is 1.08. The number of nitrogens with one attached hydrogen (secondary N) is 1. The van der Waals surface area contributed by atoms with Crippen LogP contribution in [0.4, 0.5) is 5.69 Å². The summed E-state index contributed by atoms with van der Waals surface area (Å²) in [6.45, 7) is 0.980. The second kappa shape index (κ2) is 10.9. The van der Waals surface area contributed by atoms with Gasteiger partial charge in [0.1, 0.15) is 12.6 Å². The highest BCUT2D eigenvalue weighted by Crippen LogP contribution is 2.27. The second-order valence-corrected chi connectivity index (χ2v) is 8.93. The number of aliphatic carboxylic acids is 1. The molecule has 2 aromatic carbocycles. The average molecular weight is 455 g/mol. The quantitative estimate of drug-likeness (QED) is 0.636. The molecule has 0 bridgehead atoms. The number of carboxylic acid groups (broad SMARTS) is 1. The van der Waals surface area contributed by atoms with Gasteiger partial charge in [0, 0.05) is 18.4 Å². The van der Waals surface area contributed by atoms with Crippen LogP contribution in [0.15, 0.2) is 54.6 Å². The van der Waals surface area contributed by atoms with Crippen molar-refractivity contribution in [2.75, 3.05) is 17.2 Å². The van der Waals surface area contributed by atoms with Crippen molar-refractivity contribution in [3.63, 3.8) is 0 Å². The molecule has 8 heteroatoms. The Bertz CT molecular complexity index is 995. The highest BCUT2D eigenvalue weighted by atomic mass is 32.2. The van der Waals surface area contributed by atoms with Crippen molar-refractivity contribution in [3.05, 3.63) is 65.7 Å². The summed E-state index contributed by atoms with van der Waals surface area (Å²) in [7, 11) is 0. The Balaban J connectivity index is 1.79. The van der Waals surface area contributed by atoms with E-state index in [0.717, 1.165) is 22.9 Å². The highest BCUT2D eigenvalue weighted by molar-refractivity contribution is 8.13. The van der Waals surface area contributed by atoms with E-state index in [4.69, 9.17) is 0 Å². The van der Waals surface area contributed by atoms with Gasteiger partial charge in [0.15, 0.2) is 5.12 Å². The zero-order valence-electron chi connectivity index (χ0n) is 17.8. The molecule has 1 heterocycles. The fraction of sp³-hybridized carbons (Fsp3) is 0.333. The number of thioether (sulfide) groups is 1. The molecular formula is C24H26N2O5S. The summed E-state index contributed by atoms with van der Waals surface area (Å²) in [6.07, 6.45) is 1.34. The standard InChI is InChI=1S/C24H26N2O5S/c1-16(27)32-15-19(13-17-7-3-2-4-8-17)23(30)25-20-12-11-18-9-5-6-10-21(18)26(24(20)31)14-22(28)29/h2-10,19-20H,11-15H2,1H3,(H,25,30)(H,28,29). The molecule has 2 atom stereocenters. The van der Waals surface area contributed by atoms with E-state index in [0.29, 0.717) is 30.7 Å². The van der Waals surface area contributed by atoms with Gasteiger partial charge in [-0.2, -0.15) is 0 Å². The molecule has 0 saturated carbocycles. The molecule has 0 aromatic heterocycles. The summed E-state index contributed by atoms with van der Waals surface area (Å²) in [5, 5.41) is 12.1. The zero-order valence-corrected chi connectivity index (χ0v) is 18.6. The summed E-state index contributed by atoms with van der Waals surface area (Å²) in [5.41, 5.74) is 2.39. The minimum absolute atomic E-state index is 0.0792. The Labute approximate surface area is 191 Å². The molecule has 0 aliphatic carbocycles. The van der Waals surface area contributed by atoms with E-state index >= 15 is 0 Å². The number of amides is 2. The molecule has 2 unspecified atom stereocenters. The molecular weight excluding hydrogens is 428 g/mol. The predicted octanol–water partition coefficient (Wildman–Crippen LogP) is 2.67. The normalized spacial score (nSPS) is 16.6. The van der Waals surface area contributed by atoms with Gasteiger partial charge in [0.2, 0.25) is 11.8 Å². The molecule has 2 N–H and O–H groups in total. The van der Waals surface area contributed by atoms with Gasteiger partial charge in [-0.05, 0) is 36.5 Å². The number of nitrogens with zero attached hydrogens (tertiary/aromatic N) is 1. The smallest absolute Gasteiger partial charge is 0.323 e. The number of carbonyl (C=O) groups is 4. The predicted molar refractivity (Wildman–Crippen MR) is 123 cm³/mol. The number of hydrogen-bond donors (Lipinski definition) is 2. The first-order valence-corrected chi connectivity index (χ1v) is 11.4. The molecule has 0 saturated heterocycles. The molecule has 168 valence electrons. The average Bonchev–Trinajstić information content (AvgIpc) is 2.89. The Morgan fingerprint density at radius 3 is 2.50 bits per heavy atom. The van der Waals surface area contributed by atoms with E-state index < -0.39 is 30.4 Å². The van der Waals surface area contributed by atoms with Gasteiger partial charge in [0.25, 0.3) is 0 Å². The molecule has 3 rings (SSSR count). The van der Waals surface area contributed by atoms with Crippen molar-refractivity contribution in [1.29, 1.82) is 0 Å². The summed E-state index contributed by atoms with van der Waals surface area (Å²) in [5.74, 6) is -2.08. The number of hydrogen-bond acceptors (Lipinski definition) is 5. The molecule has 32 heavy (non-hydrogen) atoms. The lowest BCUT2D eigenvalue weighted by molar-refractivity contribution is -0.137. The summed E-state index contributed by atoms with van der Waals surface area (Å²) in [4.78, 5) is 50.5. The topological polar surface area (TPSA) is 104 Å². The van der Waals surface area contributed by atoms with Crippen molar-refractivity contribution in [3.8, 4) is 0 Å². The summed E-state index contributed by atoms with van der Waals surface area (Å²) in [6, 6.07) is 15.9. The van der Waals surface area contributed by atoms with Crippen molar-refractivity contribution in [2.24, 2.45) is 5.92 Å². The Morgan fingerprint density at radius 1 is 1.12 bits per heavy atom. The van der Waals surface area contributed by atoms with Gasteiger partial charge in [-0.15, -0.1) is 0 Å². The van der Waals surface area contributed by atoms with E-state index in [9.17, 15) is 24.3 Å². The van der Waals surface area contributed by atoms with Gasteiger partial charge >= 0.3 is 5.97 Å². The molecule has 2 aromatic rings. The third-order valence-electron chi connectivity index (χ3n) is 5.34. The van der Waals surface area contributed by atoms with Crippen LogP contribution in [-0.4, -0.2) is 46.3 Å². The van der Waals surface area contributed by atoms with Crippen molar-refractivity contribution < 1.29 is 24.3 Å². The lowest BCUT2D eigenvalue weighted by Gasteiger charge is -2.26. The SMILES string of the molecule is CC(=O)SCC(Cc1ccccc1)C(=O)NC1CCc2ccccc2N(CC(=O)O)C1=O. The number of rotatable bonds is 8. The van der Waals surface area contributed by atoms with Crippen LogP contribution in [0.1, 0.15) is 24.5 Å². The maximum atomic E-state index is 13.2. The zero-order chi connectivity index (χ0) is 23.1. The van der Waals surface area contributed by atoms with Crippen LogP contribution in [-0.2, 0) is 32.0 Å². The third-order valence-corrected chi connectivity index (χ3v) is 6.32. The van der Waals surface area contributed by atoms with E-state index in [2.05, 4.69) is 5.32 Å². The maximum Gasteiger partial charge on any atom is 0.323 e. The van der Waals surface area contributed by atoms with Crippen LogP contribution in [0.5, 0.6) is 0 Å². The molecule has 0 radical (unpaired) electrons. The summed E-state index contributed by atoms with van der Waals surface area (Å²) < 4.78 is 0. The number of fused-ring (bicyclic) bond motifs is 1. The van der Waals surface area contributed by atoms with Crippen LogP contribution in [0.25, 0.3) is 0 Å². The minimum Gasteiger partial charge on any atom is -0.480 e. The fourth-order valence-corrected chi connectivity index (χ4v) is 4.49. The molecule has 2 amide bonds. The molecule has 0 fully saturated rings. The monoisotopic (exact) mass is 454 g/mol. The van der Waals surface area contributed by atoms with E-state index in [1.54, 1.807) is 12.1 Å². The van der Waals surface area contributed by atoms with Gasteiger partial charge in [-0.1, -0.05) is 60.3 Å². The molecule has 0 spiro atoms. The van der Waals surface area contributed by atoms with E-state index in [-0.39, 0.29) is 11.0 Å². The Kier molecular flexibility index (Phi) is 8.05. The van der Waals surface area contributed by atoms with Gasteiger partial charge in [0.05, 0.1) is 5.92 Å². The van der Waals surface area contributed by atoms with Crippen molar-refractivity contribution in [2.45, 2.75) is 32.2 Å². The van der Waals surface area contributed by atoms with Crippen LogP contribution in [0.3, 0.4) is 0 Å². The Hall–Kier alpha value is -3.13. The van der Waals surface area contributed by atoms with Crippen LogP contribution in [0, 0.1) is 5.92 Å². The van der Waals surface area contributed by atoms with Crippen LogP contribution >= 0.6 is 11.8 Å². The third kappa shape index (κ3) is 6.20. The maximum absolute atomic E-state index is 13.2. The molecule has 1 aliphatic rings. The van der Waals surface area contributed by atoms with Crippen LogP contribution < -0.4 is 10.2 Å². The number of benzene rings is 2. The van der Waals surface area contributed by atoms with Gasteiger partial charge in [-0.25, -0.2) is 0 Å². The first-order valence-electron chi connectivity index (χ1n) is 10.4. The minimum atomic E-state index is -1.13. The lowest BCUT2D eigenvalue weighted by Crippen LogP contribution is -2.51. The second-order valence-electron chi connectivity index (χ2n) is 7.74. The van der Waals surface area contributed by atoms with Crippen molar-refractivity contribution in [1.82, 2.24) is 5.32 Å². The first-order chi connectivity index (χ1) is 15.3. The molecule has 7 nitrogen and oxygen atoms in total. The lowest BCUT2D eigenvalue weighted by atomic mass is 9.99. The first kappa shape index (κ1) is 23.5. The van der Waals surface area contributed by atoms with E-state index in [1.807, 2.05) is 42.5 Å². The highest BCUT2D eigenvalue weighted by Gasteiger charge is 2.33.